The third-order valence-electron chi connectivity index (χ3n) is 5.71. The SMILES string of the molecule is Cc1cc2c(cc1NC(=O)C1=CNC(=O)C[C@H]1c1ccc(F)cc1)CCC(=O)N2C. The molecular weight excluding hydrogens is 385 g/mol. The molecule has 7 heteroatoms. The van der Waals surface area contributed by atoms with E-state index in [4.69, 9.17) is 0 Å². The summed E-state index contributed by atoms with van der Waals surface area (Å²) in [5.74, 6) is -1.28. The first-order valence-electron chi connectivity index (χ1n) is 9.80. The van der Waals surface area contributed by atoms with Gasteiger partial charge in [-0.1, -0.05) is 12.1 Å². The molecule has 0 aromatic heterocycles. The Balaban J connectivity index is 1.62. The molecule has 6 nitrogen and oxygen atoms in total. The highest BCUT2D eigenvalue weighted by molar-refractivity contribution is 6.07. The van der Waals surface area contributed by atoms with Crippen molar-refractivity contribution in [1.82, 2.24) is 5.32 Å². The summed E-state index contributed by atoms with van der Waals surface area (Å²) in [7, 11) is 1.75. The number of nitrogens with zero attached hydrogens (tertiary/aromatic N) is 1. The number of fused-ring (bicyclic) bond motifs is 1. The molecule has 0 radical (unpaired) electrons. The summed E-state index contributed by atoms with van der Waals surface area (Å²) in [6.45, 7) is 1.87. The molecule has 30 heavy (non-hydrogen) atoms. The van der Waals surface area contributed by atoms with Crippen LogP contribution in [0.2, 0.25) is 0 Å². The minimum atomic E-state index is -0.457. The fourth-order valence-electron chi connectivity index (χ4n) is 3.95. The monoisotopic (exact) mass is 407 g/mol. The second kappa shape index (κ2) is 7.74. The van der Waals surface area contributed by atoms with Gasteiger partial charge in [-0.2, -0.15) is 0 Å². The number of carbonyl (C=O) groups excluding carboxylic acids is 3. The van der Waals surface area contributed by atoms with E-state index in [1.54, 1.807) is 24.1 Å². The quantitative estimate of drug-likeness (QED) is 0.820. The van der Waals surface area contributed by atoms with Crippen LogP contribution in [-0.4, -0.2) is 24.8 Å². The first kappa shape index (κ1) is 19.8. The van der Waals surface area contributed by atoms with E-state index in [9.17, 15) is 18.8 Å². The largest absolute Gasteiger partial charge is 0.332 e. The van der Waals surface area contributed by atoms with E-state index < -0.39 is 5.92 Å². The highest BCUT2D eigenvalue weighted by atomic mass is 19.1. The molecule has 0 bridgehead atoms. The number of hydrogen-bond acceptors (Lipinski definition) is 3. The third-order valence-corrected chi connectivity index (χ3v) is 5.71. The molecule has 2 aliphatic heterocycles. The number of carbonyl (C=O) groups is 3. The Kier molecular flexibility index (Phi) is 5.11. The summed E-state index contributed by atoms with van der Waals surface area (Å²) in [5.41, 5.74) is 4.47. The summed E-state index contributed by atoms with van der Waals surface area (Å²) in [5, 5.41) is 5.55. The van der Waals surface area contributed by atoms with Crippen LogP contribution in [0.25, 0.3) is 0 Å². The summed E-state index contributed by atoms with van der Waals surface area (Å²) in [6, 6.07) is 9.63. The Morgan fingerprint density at radius 1 is 1.17 bits per heavy atom. The summed E-state index contributed by atoms with van der Waals surface area (Å²) >= 11 is 0. The van der Waals surface area contributed by atoms with Gasteiger partial charge in [-0.3, -0.25) is 14.4 Å². The van der Waals surface area contributed by atoms with Crippen molar-refractivity contribution >= 4 is 29.1 Å². The highest BCUT2D eigenvalue weighted by Gasteiger charge is 2.29. The van der Waals surface area contributed by atoms with Gasteiger partial charge in [0.2, 0.25) is 11.8 Å². The van der Waals surface area contributed by atoms with E-state index in [1.165, 1.54) is 18.3 Å². The summed E-state index contributed by atoms with van der Waals surface area (Å²) in [4.78, 5) is 38.6. The minimum Gasteiger partial charge on any atom is -0.332 e. The number of amides is 3. The van der Waals surface area contributed by atoms with Crippen LogP contribution in [0.4, 0.5) is 15.8 Å². The number of nitrogens with one attached hydrogen (secondary N) is 2. The highest BCUT2D eigenvalue weighted by Crippen LogP contribution is 2.34. The minimum absolute atomic E-state index is 0.0731. The normalized spacial score (nSPS) is 18.4. The van der Waals surface area contributed by atoms with Gasteiger partial charge >= 0.3 is 0 Å². The van der Waals surface area contributed by atoms with Crippen molar-refractivity contribution in [1.29, 1.82) is 0 Å². The van der Waals surface area contributed by atoms with Gasteiger partial charge < -0.3 is 15.5 Å². The molecule has 0 fully saturated rings. The van der Waals surface area contributed by atoms with Crippen LogP contribution < -0.4 is 15.5 Å². The second-order valence-electron chi connectivity index (χ2n) is 7.68. The number of aryl methyl sites for hydroxylation is 2. The van der Waals surface area contributed by atoms with E-state index in [0.717, 1.165) is 16.8 Å². The van der Waals surface area contributed by atoms with E-state index in [1.807, 2.05) is 19.1 Å². The Labute approximate surface area is 173 Å². The lowest BCUT2D eigenvalue weighted by Crippen LogP contribution is -2.32. The summed E-state index contributed by atoms with van der Waals surface area (Å²) < 4.78 is 13.3. The molecule has 2 aliphatic rings. The topological polar surface area (TPSA) is 78.5 Å². The molecule has 2 aromatic rings. The Bertz CT molecular complexity index is 1080. The van der Waals surface area contributed by atoms with Crippen molar-refractivity contribution in [2.45, 2.75) is 32.1 Å². The second-order valence-corrected chi connectivity index (χ2v) is 7.68. The van der Waals surface area contributed by atoms with Crippen LogP contribution >= 0.6 is 0 Å². The molecule has 0 spiro atoms. The molecule has 0 saturated heterocycles. The maximum absolute atomic E-state index is 13.3. The van der Waals surface area contributed by atoms with Crippen LogP contribution in [0.5, 0.6) is 0 Å². The van der Waals surface area contributed by atoms with Crippen LogP contribution in [0, 0.1) is 12.7 Å². The first-order chi connectivity index (χ1) is 14.3. The molecule has 154 valence electrons. The van der Waals surface area contributed by atoms with Gasteiger partial charge in [-0.15, -0.1) is 0 Å². The lowest BCUT2D eigenvalue weighted by Gasteiger charge is -2.28. The summed E-state index contributed by atoms with van der Waals surface area (Å²) in [6.07, 6.45) is 2.60. The predicted octanol–water partition coefficient (Wildman–Crippen LogP) is 3.17. The number of benzene rings is 2. The third kappa shape index (κ3) is 3.70. The number of hydrogen-bond donors (Lipinski definition) is 2. The van der Waals surface area contributed by atoms with Crippen LogP contribution in [-0.2, 0) is 20.8 Å². The van der Waals surface area contributed by atoms with Crippen LogP contribution in [0.3, 0.4) is 0 Å². The van der Waals surface area contributed by atoms with Crippen molar-refractivity contribution < 1.29 is 18.8 Å². The van der Waals surface area contributed by atoms with Crippen molar-refractivity contribution in [2.75, 3.05) is 17.3 Å². The number of rotatable bonds is 3. The Hall–Kier alpha value is -3.48. The van der Waals surface area contributed by atoms with E-state index >= 15 is 0 Å². The molecular formula is C23H22FN3O3. The molecule has 2 aromatic carbocycles. The van der Waals surface area contributed by atoms with E-state index in [2.05, 4.69) is 10.6 Å². The zero-order valence-electron chi connectivity index (χ0n) is 16.8. The van der Waals surface area contributed by atoms with Crippen molar-refractivity contribution in [3.8, 4) is 0 Å². The van der Waals surface area contributed by atoms with E-state index in [0.29, 0.717) is 29.7 Å². The lowest BCUT2D eigenvalue weighted by molar-refractivity contribution is -0.121. The molecule has 0 aliphatic carbocycles. The fraction of sp³-hybridized carbons (Fsp3) is 0.261. The number of anilines is 2. The van der Waals surface area contributed by atoms with Gasteiger partial charge in [0.25, 0.3) is 5.91 Å². The zero-order chi connectivity index (χ0) is 21.4. The van der Waals surface area contributed by atoms with Gasteiger partial charge in [0.1, 0.15) is 5.82 Å². The van der Waals surface area contributed by atoms with Gasteiger partial charge in [-0.25, -0.2) is 4.39 Å². The number of halogens is 1. The Morgan fingerprint density at radius 2 is 1.90 bits per heavy atom. The molecule has 0 unspecified atom stereocenters. The molecule has 2 heterocycles. The Morgan fingerprint density at radius 3 is 2.63 bits per heavy atom. The molecule has 4 rings (SSSR count). The first-order valence-corrected chi connectivity index (χ1v) is 9.80. The standard InChI is InChI=1S/C23H22FN3O3/c1-13-9-20-15(5-8-22(29)27(20)2)10-19(13)26-23(30)18-12-25-21(28)11-17(18)14-3-6-16(24)7-4-14/h3-4,6-7,9-10,12,17H,5,8,11H2,1-2H3,(H,25,28)(H,26,30)/t17-/m0/s1. The van der Waals surface area contributed by atoms with Crippen LogP contribution in [0.15, 0.2) is 48.2 Å². The molecule has 2 N–H and O–H groups in total. The van der Waals surface area contributed by atoms with Crippen LogP contribution in [0.1, 0.15) is 35.4 Å². The zero-order valence-corrected chi connectivity index (χ0v) is 16.8. The van der Waals surface area contributed by atoms with Crippen molar-refractivity contribution in [3.05, 3.63) is 70.7 Å². The average Bonchev–Trinajstić information content (AvgIpc) is 2.72. The van der Waals surface area contributed by atoms with Gasteiger partial charge in [-0.05, 0) is 54.3 Å². The maximum atomic E-state index is 13.3. The maximum Gasteiger partial charge on any atom is 0.253 e. The molecule has 0 saturated carbocycles. The fourth-order valence-corrected chi connectivity index (χ4v) is 3.95. The lowest BCUT2D eigenvalue weighted by atomic mass is 9.86. The van der Waals surface area contributed by atoms with Gasteiger partial charge in [0.15, 0.2) is 0 Å². The van der Waals surface area contributed by atoms with Gasteiger partial charge in [0.05, 0.1) is 0 Å². The van der Waals surface area contributed by atoms with E-state index in [-0.39, 0.29) is 30.0 Å². The molecule has 3 amide bonds. The predicted molar refractivity (Wildman–Crippen MR) is 112 cm³/mol. The van der Waals surface area contributed by atoms with Gasteiger partial charge in [0, 0.05) is 49.0 Å². The smallest absolute Gasteiger partial charge is 0.253 e. The van der Waals surface area contributed by atoms with Crippen molar-refractivity contribution in [3.63, 3.8) is 0 Å². The molecule has 1 atom stereocenters. The van der Waals surface area contributed by atoms with Crippen molar-refractivity contribution in [2.24, 2.45) is 0 Å². The average molecular weight is 407 g/mol.